The zero-order valence-electron chi connectivity index (χ0n) is 8.73. The van der Waals surface area contributed by atoms with Crippen molar-refractivity contribution in [2.75, 3.05) is 7.05 Å². The number of nitrogens with one attached hydrogen (secondary N) is 1. The van der Waals surface area contributed by atoms with Crippen molar-refractivity contribution >= 4 is 11.7 Å². The molecule has 1 N–H and O–H groups in total. The fourth-order valence-corrected chi connectivity index (χ4v) is 1.28. The molecule has 0 unspecified atom stereocenters. The molecule has 0 spiro atoms. The Balaban J connectivity index is 0.00000112. The first-order valence-corrected chi connectivity index (χ1v) is 4.38. The molecule has 2 aromatic heterocycles. The maximum Gasteiger partial charge on any atom is 0.0205 e. The minimum Gasteiger partial charge on any atom is -0.325 e. The second-order valence-electron chi connectivity index (χ2n) is 3.04. The second-order valence-corrected chi connectivity index (χ2v) is 3.04. The van der Waals surface area contributed by atoms with E-state index in [4.69, 9.17) is 0 Å². The zero-order valence-corrected chi connectivity index (χ0v) is 11.6. The number of hydrogen-bond donors (Lipinski definition) is 1. The van der Waals surface area contributed by atoms with Crippen LogP contribution in [0.2, 0.25) is 0 Å². The van der Waals surface area contributed by atoms with Crippen LogP contribution in [0.3, 0.4) is 0 Å². The van der Waals surface area contributed by atoms with E-state index in [0.29, 0.717) is 0 Å². The molecule has 15 heavy (non-hydrogen) atoms. The molecule has 2 heterocycles. The molecule has 5 heteroatoms. The van der Waals surface area contributed by atoms with Crippen LogP contribution >= 0.6 is 0 Å². The van der Waals surface area contributed by atoms with Gasteiger partial charge in [0.25, 0.3) is 0 Å². The third-order valence-electron chi connectivity index (χ3n) is 1.97. The number of rotatable bonds is 2. The predicted octanol–water partition coefficient (Wildman–Crippen LogP) is 0.994. The Morgan fingerprint density at radius 2 is 2.40 bits per heavy atom. The summed E-state index contributed by atoms with van der Waals surface area (Å²) >= 11 is 0. The van der Waals surface area contributed by atoms with E-state index in [9.17, 15) is 0 Å². The summed E-state index contributed by atoms with van der Waals surface area (Å²) in [6.45, 7) is 2.05. The summed E-state index contributed by atoms with van der Waals surface area (Å²) in [5, 5.41) is 8.02. The molecule has 0 saturated heterocycles. The molecular weight excluding hydrogens is 265 g/mol. The predicted molar refractivity (Wildman–Crippen MR) is 55.4 cm³/mol. The van der Waals surface area contributed by atoms with Gasteiger partial charge in [-0.05, 0) is 24.7 Å². The fourth-order valence-electron chi connectivity index (χ4n) is 1.28. The minimum atomic E-state index is 0. The maximum absolute atomic E-state index is 4.09. The number of aryl methyl sites for hydroxylation is 1. The van der Waals surface area contributed by atoms with Crippen LogP contribution in [0.4, 0.5) is 0 Å². The molecule has 0 aliphatic rings. The smallest absolute Gasteiger partial charge is 0.0205 e. The van der Waals surface area contributed by atoms with Crippen molar-refractivity contribution in [3.05, 3.63) is 35.7 Å². The van der Waals surface area contributed by atoms with Gasteiger partial charge in [-0.25, -0.2) is 0 Å². The Morgan fingerprint density at radius 1 is 1.60 bits per heavy atom. The number of nitrogens with zero attached hydrogens (tertiary/aromatic N) is 3. The topological polar surface area (TPSA) is 41.7 Å². The van der Waals surface area contributed by atoms with Gasteiger partial charge in [-0.1, -0.05) is 17.8 Å². The number of hydrazone groups is 1. The Bertz CT molecular complexity index is 475. The van der Waals surface area contributed by atoms with Gasteiger partial charge in [0.05, 0.1) is 0 Å². The van der Waals surface area contributed by atoms with Crippen LogP contribution < -0.4 is 5.43 Å². The largest absolute Gasteiger partial charge is 0.325 e. The number of fused-ring (bicyclic) bond motifs is 1. The van der Waals surface area contributed by atoms with E-state index in [-0.39, 0.29) is 32.7 Å². The summed E-state index contributed by atoms with van der Waals surface area (Å²) in [5.41, 5.74) is 5.81. The van der Waals surface area contributed by atoms with Crippen molar-refractivity contribution < 1.29 is 32.7 Å². The van der Waals surface area contributed by atoms with E-state index in [2.05, 4.69) is 27.9 Å². The van der Waals surface area contributed by atoms with Gasteiger partial charge in [-0.15, -0.1) is 5.56 Å². The molecule has 2 aromatic rings. The molecule has 0 aromatic carbocycles. The average Bonchev–Trinajstić information content (AvgIpc) is 2.57. The van der Waals surface area contributed by atoms with Crippen molar-refractivity contribution in [2.24, 2.45) is 5.10 Å². The Labute approximate surface area is 114 Å². The Morgan fingerprint density at radius 3 is 3.13 bits per heavy atom. The summed E-state index contributed by atoms with van der Waals surface area (Å²) in [7, 11) is 1.76. The Kier molecular flexibility index (Phi) is 4.42. The number of hydrogen-bond acceptors (Lipinski definition) is 3. The molecule has 0 amide bonds. The summed E-state index contributed by atoms with van der Waals surface area (Å²) in [6.07, 6.45) is 6.52. The van der Waals surface area contributed by atoms with Gasteiger partial charge in [0.15, 0.2) is 0 Å². The monoisotopic (exact) mass is 276 g/mol. The van der Waals surface area contributed by atoms with Crippen LogP contribution in [0.25, 0.3) is 5.52 Å². The van der Waals surface area contributed by atoms with E-state index in [1.807, 2.05) is 19.2 Å². The Hall–Kier alpha value is -0.736. The maximum atomic E-state index is 4.09. The van der Waals surface area contributed by atoms with E-state index in [1.165, 1.54) is 5.56 Å². The fraction of sp³-hybridized carbons (Fsp3) is 0.200. The van der Waals surface area contributed by atoms with Crippen LogP contribution in [0.5, 0.6) is 0 Å². The van der Waals surface area contributed by atoms with Crippen molar-refractivity contribution in [1.29, 1.82) is 0 Å². The van der Waals surface area contributed by atoms with Gasteiger partial charge in [0.1, 0.15) is 0 Å². The van der Waals surface area contributed by atoms with Crippen LogP contribution in [-0.2, 0) is 32.7 Å². The molecule has 0 saturated carbocycles. The van der Waals surface area contributed by atoms with Crippen molar-refractivity contribution in [3.63, 3.8) is 0 Å². The second kappa shape index (κ2) is 5.38. The summed E-state index contributed by atoms with van der Waals surface area (Å²) in [5.74, 6) is 0. The number of pyridine rings is 1. The third-order valence-corrected chi connectivity index (χ3v) is 1.97. The first kappa shape index (κ1) is 12.3. The van der Waals surface area contributed by atoms with E-state index >= 15 is 0 Å². The van der Waals surface area contributed by atoms with Gasteiger partial charge < -0.3 is 9.94 Å². The van der Waals surface area contributed by atoms with E-state index < -0.39 is 0 Å². The van der Waals surface area contributed by atoms with Crippen LogP contribution in [0.1, 0.15) is 11.1 Å². The van der Waals surface area contributed by atoms with Crippen molar-refractivity contribution in [3.8, 4) is 0 Å². The third kappa shape index (κ3) is 2.64. The SMILES string of the molecule is CN/N=C/c1[c-]nn2ccc(C)cc12.[Y]. The number of aromatic nitrogens is 2. The molecule has 0 aliphatic heterocycles. The van der Waals surface area contributed by atoms with Crippen LogP contribution in [0, 0.1) is 13.1 Å². The van der Waals surface area contributed by atoms with Crippen molar-refractivity contribution in [2.45, 2.75) is 6.92 Å². The van der Waals surface area contributed by atoms with Gasteiger partial charge in [0, 0.05) is 46.0 Å². The molecule has 2 rings (SSSR count). The molecule has 0 bridgehead atoms. The van der Waals surface area contributed by atoms with Gasteiger partial charge in [0.2, 0.25) is 0 Å². The first-order chi connectivity index (χ1) is 6.81. The average molecular weight is 276 g/mol. The summed E-state index contributed by atoms with van der Waals surface area (Å²) < 4.78 is 1.78. The summed E-state index contributed by atoms with van der Waals surface area (Å²) in [4.78, 5) is 0. The summed E-state index contributed by atoms with van der Waals surface area (Å²) in [6, 6.07) is 4.06. The first-order valence-electron chi connectivity index (χ1n) is 4.38. The van der Waals surface area contributed by atoms with E-state index in [0.717, 1.165) is 11.1 Å². The van der Waals surface area contributed by atoms with Crippen LogP contribution in [0.15, 0.2) is 23.4 Å². The van der Waals surface area contributed by atoms with Gasteiger partial charge in [-0.3, -0.25) is 10.2 Å². The molecule has 0 atom stereocenters. The zero-order chi connectivity index (χ0) is 9.97. The molecular formula is C10H11N4Y-. The quantitative estimate of drug-likeness (QED) is 0.505. The molecule has 0 fully saturated rings. The minimum absolute atomic E-state index is 0. The van der Waals surface area contributed by atoms with Crippen molar-refractivity contribution in [1.82, 2.24) is 15.0 Å². The van der Waals surface area contributed by atoms with E-state index in [1.54, 1.807) is 17.8 Å². The molecule has 1 radical (unpaired) electrons. The van der Waals surface area contributed by atoms with Gasteiger partial charge in [-0.2, -0.15) is 0 Å². The normalized spacial score (nSPS) is 10.5. The van der Waals surface area contributed by atoms with Crippen LogP contribution in [-0.4, -0.2) is 22.9 Å². The molecule has 75 valence electrons. The molecule has 0 aliphatic carbocycles. The molecule has 4 nitrogen and oxygen atoms in total. The standard InChI is InChI=1S/C10H11N4.Y/c1-8-3-4-14-10(5-8)9(7-13-14)6-12-11-2;/h3-6,11H,1-2H3;/q-1;/b12-6+;. The van der Waals surface area contributed by atoms with Gasteiger partial charge >= 0.3 is 0 Å².